The van der Waals surface area contributed by atoms with Crippen molar-refractivity contribution in [2.45, 2.75) is 32.4 Å². The van der Waals surface area contributed by atoms with Crippen molar-refractivity contribution in [1.29, 1.82) is 0 Å². The van der Waals surface area contributed by atoms with E-state index in [-0.39, 0.29) is 11.9 Å². The average molecular weight is 437 g/mol. The van der Waals surface area contributed by atoms with Crippen LogP contribution in [0.25, 0.3) is 21.2 Å². The molecule has 1 aliphatic rings. The largest absolute Gasteiger partial charge is 0.460 e. The van der Waals surface area contributed by atoms with Crippen LogP contribution in [0.5, 0.6) is 10.9 Å². The van der Waals surface area contributed by atoms with E-state index >= 15 is 0 Å². The van der Waals surface area contributed by atoms with E-state index in [0.717, 1.165) is 52.9 Å². The molecule has 7 nitrogen and oxygen atoms in total. The number of amides is 1. The van der Waals surface area contributed by atoms with Gasteiger partial charge in [-0.2, -0.15) is 0 Å². The Hall–Kier alpha value is -2.97. The van der Waals surface area contributed by atoms with Crippen molar-refractivity contribution in [1.82, 2.24) is 19.8 Å². The number of thiazole rings is 1. The van der Waals surface area contributed by atoms with Crippen LogP contribution >= 0.6 is 11.3 Å². The molecule has 1 aromatic carbocycles. The van der Waals surface area contributed by atoms with E-state index in [0.29, 0.717) is 17.5 Å². The van der Waals surface area contributed by atoms with E-state index in [9.17, 15) is 4.79 Å². The topological polar surface area (TPSA) is 71.7 Å². The van der Waals surface area contributed by atoms with Gasteiger partial charge in [0.1, 0.15) is 22.6 Å². The van der Waals surface area contributed by atoms with Crippen LogP contribution in [0, 0.1) is 0 Å². The zero-order valence-electron chi connectivity index (χ0n) is 17.6. The standard InChI is InChI=1S/C23H24N4O3S/c1-15(28)27-9-3-4-17(27)13-26(2)14-19-10-16-5-6-18(11-21(16)29-19)30-23-25-20-12-24-8-7-22(20)31-23/h5-8,10-12,17H,3-4,9,13-14H2,1-2H3. The first kappa shape index (κ1) is 20.0. The minimum Gasteiger partial charge on any atom is -0.460 e. The summed E-state index contributed by atoms with van der Waals surface area (Å²) < 4.78 is 13.1. The van der Waals surface area contributed by atoms with Gasteiger partial charge in [0.2, 0.25) is 5.91 Å². The van der Waals surface area contributed by atoms with Crippen LogP contribution in [0.4, 0.5) is 0 Å². The molecule has 0 N–H and O–H groups in total. The Morgan fingerprint density at radius 3 is 3.10 bits per heavy atom. The number of nitrogens with zero attached hydrogens (tertiary/aromatic N) is 4. The summed E-state index contributed by atoms with van der Waals surface area (Å²) in [5.74, 6) is 1.75. The van der Waals surface area contributed by atoms with Gasteiger partial charge >= 0.3 is 0 Å². The van der Waals surface area contributed by atoms with Gasteiger partial charge in [-0.1, -0.05) is 11.3 Å². The Morgan fingerprint density at radius 2 is 2.26 bits per heavy atom. The van der Waals surface area contributed by atoms with E-state index in [4.69, 9.17) is 9.15 Å². The molecule has 1 fully saturated rings. The molecule has 1 unspecified atom stereocenters. The van der Waals surface area contributed by atoms with Gasteiger partial charge in [0.15, 0.2) is 0 Å². The van der Waals surface area contributed by atoms with Crippen molar-refractivity contribution in [3.8, 4) is 10.9 Å². The van der Waals surface area contributed by atoms with Gasteiger partial charge in [-0.15, -0.1) is 0 Å². The van der Waals surface area contributed by atoms with Crippen LogP contribution in [0.3, 0.4) is 0 Å². The summed E-state index contributed by atoms with van der Waals surface area (Å²) >= 11 is 1.49. The summed E-state index contributed by atoms with van der Waals surface area (Å²) in [6, 6.07) is 10.1. The third-order valence-corrected chi connectivity index (χ3v) is 6.56. The maximum atomic E-state index is 11.8. The van der Waals surface area contributed by atoms with E-state index in [1.165, 1.54) is 11.3 Å². The number of hydrogen-bond donors (Lipinski definition) is 0. The number of benzene rings is 1. The molecule has 3 aromatic heterocycles. The third-order valence-electron chi connectivity index (χ3n) is 5.65. The molecular formula is C23H24N4O3S. The van der Waals surface area contributed by atoms with Gasteiger partial charge in [-0.25, -0.2) is 4.98 Å². The molecule has 1 aliphatic heterocycles. The monoisotopic (exact) mass is 436 g/mol. The number of ether oxygens (including phenoxy) is 1. The number of carbonyl (C=O) groups is 1. The highest BCUT2D eigenvalue weighted by atomic mass is 32.1. The molecule has 1 atom stereocenters. The van der Waals surface area contributed by atoms with Gasteiger partial charge in [0, 0.05) is 43.7 Å². The highest BCUT2D eigenvalue weighted by Crippen LogP contribution is 2.33. The second-order valence-electron chi connectivity index (χ2n) is 8.04. The van der Waals surface area contributed by atoms with Gasteiger partial charge in [0.05, 0.1) is 17.4 Å². The van der Waals surface area contributed by atoms with Crippen molar-refractivity contribution in [3.63, 3.8) is 0 Å². The fourth-order valence-corrected chi connectivity index (χ4v) is 5.04. The molecule has 0 saturated carbocycles. The van der Waals surface area contributed by atoms with Crippen LogP contribution in [0.15, 0.2) is 47.1 Å². The van der Waals surface area contributed by atoms with E-state index in [1.807, 2.05) is 29.2 Å². The van der Waals surface area contributed by atoms with Gasteiger partial charge < -0.3 is 14.1 Å². The number of pyridine rings is 1. The molecule has 0 radical (unpaired) electrons. The minimum absolute atomic E-state index is 0.163. The molecule has 0 aliphatic carbocycles. The first-order chi connectivity index (χ1) is 15.0. The zero-order valence-corrected chi connectivity index (χ0v) is 18.4. The Kier molecular flexibility index (Phi) is 5.33. The normalized spacial score (nSPS) is 16.6. The third kappa shape index (κ3) is 4.26. The van der Waals surface area contributed by atoms with E-state index in [1.54, 1.807) is 19.3 Å². The highest BCUT2D eigenvalue weighted by Gasteiger charge is 2.27. The van der Waals surface area contributed by atoms with Crippen LogP contribution in [-0.4, -0.2) is 51.9 Å². The number of carbonyl (C=O) groups excluding carboxylic acids is 1. The number of aromatic nitrogens is 2. The number of likely N-dealkylation sites (tertiary alicyclic amines) is 1. The minimum atomic E-state index is 0.163. The quantitative estimate of drug-likeness (QED) is 0.437. The lowest BCUT2D eigenvalue weighted by molar-refractivity contribution is -0.129. The lowest BCUT2D eigenvalue weighted by Gasteiger charge is -2.27. The zero-order chi connectivity index (χ0) is 21.4. The lowest BCUT2D eigenvalue weighted by Crippen LogP contribution is -2.40. The van der Waals surface area contributed by atoms with E-state index < -0.39 is 0 Å². The van der Waals surface area contributed by atoms with Crippen molar-refractivity contribution >= 4 is 38.4 Å². The molecule has 0 spiro atoms. The van der Waals surface area contributed by atoms with Gasteiger partial charge in [0.25, 0.3) is 5.19 Å². The lowest BCUT2D eigenvalue weighted by atomic mass is 10.2. The summed E-state index contributed by atoms with van der Waals surface area (Å²) in [4.78, 5) is 24.6. The van der Waals surface area contributed by atoms with Crippen LogP contribution in [0.2, 0.25) is 0 Å². The van der Waals surface area contributed by atoms with Gasteiger partial charge in [-0.3, -0.25) is 14.7 Å². The molecule has 8 heteroatoms. The fraction of sp³-hybridized carbons (Fsp3) is 0.348. The molecule has 0 bridgehead atoms. The molecule has 160 valence electrons. The predicted molar refractivity (Wildman–Crippen MR) is 120 cm³/mol. The Labute approximate surface area is 184 Å². The second kappa shape index (κ2) is 8.28. The first-order valence-corrected chi connectivity index (χ1v) is 11.2. The molecule has 4 aromatic rings. The Balaban J connectivity index is 1.27. The van der Waals surface area contributed by atoms with Crippen molar-refractivity contribution < 1.29 is 13.9 Å². The maximum Gasteiger partial charge on any atom is 0.279 e. The smallest absolute Gasteiger partial charge is 0.279 e. The number of hydrogen-bond acceptors (Lipinski definition) is 7. The molecule has 31 heavy (non-hydrogen) atoms. The summed E-state index contributed by atoms with van der Waals surface area (Å²) in [6.45, 7) is 4.06. The first-order valence-electron chi connectivity index (χ1n) is 10.4. The number of rotatable bonds is 6. The number of fused-ring (bicyclic) bond motifs is 2. The van der Waals surface area contributed by atoms with E-state index in [2.05, 4.69) is 28.0 Å². The van der Waals surface area contributed by atoms with Crippen LogP contribution < -0.4 is 4.74 Å². The summed E-state index contributed by atoms with van der Waals surface area (Å²) in [5, 5.41) is 1.62. The summed E-state index contributed by atoms with van der Waals surface area (Å²) in [5.41, 5.74) is 1.62. The molecule has 1 saturated heterocycles. The summed E-state index contributed by atoms with van der Waals surface area (Å²) in [7, 11) is 2.07. The molecule has 1 amide bonds. The van der Waals surface area contributed by atoms with Crippen LogP contribution in [0.1, 0.15) is 25.5 Å². The van der Waals surface area contributed by atoms with Crippen molar-refractivity contribution in [2.75, 3.05) is 20.1 Å². The SMILES string of the molecule is CC(=O)N1CCCC1CN(C)Cc1cc2ccc(Oc3nc4cnccc4s3)cc2o1. The molecule has 4 heterocycles. The molecular weight excluding hydrogens is 412 g/mol. The van der Waals surface area contributed by atoms with Crippen molar-refractivity contribution in [2.24, 2.45) is 0 Å². The maximum absolute atomic E-state index is 11.8. The number of likely N-dealkylation sites (N-methyl/N-ethyl adjacent to an activating group) is 1. The Bertz CT molecular complexity index is 1200. The second-order valence-corrected chi connectivity index (χ2v) is 9.04. The van der Waals surface area contributed by atoms with Crippen molar-refractivity contribution in [3.05, 3.63) is 48.5 Å². The fourth-order valence-electron chi connectivity index (χ4n) is 4.24. The molecule has 5 rings (SSSR count). The summed E-state index contributed by atoms with van der Waals surface area (Å²) in [6.07, 6.45) is 5.63. The van der Waals surface area contributed by atoms with Gasteiger partial charge in [-0.05, 0) is 44.2 Å². The van der Waals surface area contributed by atoms with Crippen LogP contribution in [-0.2, 0) is 11.3 Å². The Morgan fingerprint density at radius 1 is 1.35 bits per heavy atom. The number of furan rings is 1. The average Bonchev–Trinajstić information content (AvgIpc) is 3.44. The highest BCUT2D eigenvalue weighted by molar-refractivity contribution is 7.20. The predicted octanol–water partition coefficient (Wildman–Crippen LogP) is 4.67.